The number of thioether (sulfide) groups is 1. The second kappa shape index (κ2) is 8.60. The molecule has 0 unspecified atom stereocenters. The number of carbonyl (C=O) groups excluding carboxylic acids is 2. The van der Waals surface area contributed by atoms with Gasteiger partial charge in [0.1, 0.15) is 5.75 Å². The van der Waals surface area contributed by atoms with E-state index in [0.717, 1.165) is 27.4 Å². The van der Waals surface area contributed by atoms with Crippen LogP contribution in [0.3, 0.4) is 0 Å². The first-order valence-corrected chi connectivity index (χ1v) is 9.23. The van der Waals surface area contributed by atoms with Gasteiger partial charge in [-0.25, -0.2) is 0 Å². The number of ether oxygens (including phenoxy) is 1. The predicted molar refractivity (Wildman–Crippen MR) is 109 cm³/mol. The number of anilines is 1. The number of carbonyl (C=O) groups is 2. The Morgan fingerprint density at radius 3 is 2.52 bits per heavy atom. The van der Waals surface area contributed by atoms with Crippen LogP contribution in [0, 0.1) is 0 Å². The molecular formula is C21H20N2O3S. The average Bonchev–Trinajstić information content (AvgIpc) is 2.66. The molecule has 3 rings (SSSR count). The molecule has 0 aliphatic heterocycles. The molecule has 0 spiro atoms. The van der Waals surface area contributed by atoms with Crippen LogP contribution in [-0.4, -0.2) is 36.7 Å². The lowest BCUT2D eigenvalue weighted by Crippen LogP contribution is -2.20. The molecular weight excluding hydrogens is 360 g/mol. The van der Waals surface area contributed by atoms with E-state index in [2.05, 4.69) is 5.32 Å². The van der Waals surface area contributed by atoms with Crippen molar-refractivity contribution in [2.75, 3.05) is 26.0 Å². The van der Waals surface area contributed by atoms with Crippen molar-refractivity contribution in [1.82, 2.24) is 4.90 Å². The highest BCUT2D eigenvalue weighted by Gasteiger charge is 2.09. The van der Waals surface area contributed by atoms with E-state index >= 15 is 0 Å². The molecule has 1 N–H and O–H groups in total. The highest BCUT2D eigenvalue weighted by atomic mass is 32.2. The van der Waals surface area contributed by atoms with Crippen LogP contribution in [-0.2, 0) is 4.79 Å². The standard InChI is InChI=1S/C21H20N2O3S/c1-23(2)21(25)27-19-9-5-8-17(13-19)22-20(24)14-26-18-11-10-15-6-3-4-7-16(15)12-18/h3-13H,14H2,1-2H3,(H,22,24). The van der Waals surface area contributed by atoms with Crippen molar-refractivity contribution in [2.45, 2.75) is 4.90 Å². The average molecular weight is 380 g/mol. The summed E-state index contributed by atoms with van der Waals surface area (Å²) >= 11 is 1.11. The number of nitrogens with zero attached hydrogens (tertiary/aromatic N) is 1. The Hall–Kier alpha value is -2.99. The van der Waals surface area contributed by atoms with Crippen LogP contribution >= 0.6 is 11.8 Å². The number of hydrogen-bond acceptors (Lipinski definition) is 4. The van der Waals surface area contributed by atoms with Crippen molar-refractivity contribution in [3.05, 3.63) is 66.7 Å². The quantitative estimate of drug-likeness (QED) is 0.656. The molecule has 0 aromatic heterocycles. The van der Waals surface area contributed by atoms with Crippen LogP contribution in [0.1, 0.15) is 0 Å². The van der Waals surface area contributed by atoms with Crippen LogP contribution in [0.25, 0.3) is 10.8 Å². The molecule has 0 aliphatic carbocycles. The zero-order valence-corrected chi connectivity index (χ0v) is 16.0. The summed E-state index contributed by atoms with van der Waals surface area (Å²) in [5.74, 6) is 0.383. The van der Waals surface area contributed by atoms with E-state index < -0.39 is 0 Å². The fraction of sp³-hybridized carbons (Fsp3) is 0.143. The third kappa shape index (κ3) is 5.24. The van der Waals surface area contributed by atoms with Crippen LogP contribution in [0.2, 0.25) is 0 Å². The largest absolute Gasteiger partial charge is 0.484 e. The molecule has 0 fully saturated rings. The fourth-order valence-corrected chi connectivity index (χ4v) is 3.15. The number of nitrogens with one attached hydrogen (secondary N) is 1. The predicted octanol–water partition coefficient (Wildman–Crippen LogP) is 4.63. The van der Waals surface area contributed by atoms with E-state index in [9.17, 15) is 9.59 Å². The number of fused-ring (bicyclic) bond motifs is 1. The van der Waals surface area contributed by atoms with E-state index in [0.29, 0.717) is 11.4 Å². The second-order valence-corrected chi connectivity index (χ2v) is 7.16. The molecule has 5 nitrogen and oxygen atoms in total. The van der Waals surface area contributed by atoms with Gasteiger partial charge in [0.15, 0.2) is 6.61 Å². The van der Waals surface area contributed by atoms with Crippen LogP contribution in [0.4, 0.5) is 10.5 Å². The van der Waals surface area contributed by atoms with Gasteiger partial charge in [0, 0.05) is 24.7 Å². The van der Waals surface area contributed by atoms with Gasteiger partial charge in [-0.1, -0.05) is 36.4 Å². The highest BCUT2D eigenvalue weighted by molar-refractivity contribution is 8.13. The minimum atomic E-state index is -0.260. The van der Waals surface area contributed by atoms with Gasteiger partial charge in [0.05, 0.1) is 0 Å². The molecule has 27 heavy (non-hydrogen) atoms. The molecule has 0 heterocycles. The Balaban J connectivity index is 1.58. The van der Waals surface area contributed by atoms with Gasteiger partial charge >= 0.3 is 0 Å². The van der Waals surface area contributed by atoms with Crippen molar-refractivity contribution >= 4 is 39.4 Å². The maximum atomic E-state index is 12.2. The summed E-state index contributed by atoms with van der Waals surface area (Å²) in [6.07, 6.45) is 0. The highest BCUT2D eigenvalue weighted by Crippen LogP contribution is 2.24. The van der Waals surface area contributed by atoms with E-state index in [1.807, 2.05) is 48.5 Å². The Morgan fingerprint density at radius 2 is 1.74 bits per heavy atom. The molecule has 0 atom stereocenters. The van der Waals surface area contributed by atoms with E-state index in [1.165, 1.54) is 4.90 Å². The molecule has 0 bridgehead atoms. The lowest BCUT2D eigenvalue weighted by molar-refractivity contribution is -0.118. The van der Waals surface area contributed by atoms with Crippen molar-refractivity contribution in [2.24, 2.45) is 0 Å². The normalized spacial score (nSPS) is 10.4. The zero-order valence-electron chi connectivity index (χ0n) is 15.1. The molecule has 0 radical (unpaired) electrons. The summed E-state index contributed by atoms with van der Waals surface area (Å²) in [6, 6.07) is 20.9. The molecule has 3 aromatic rings. The number of benzene rings is 3. The number of rotatable bonds is 5. The van der Waals surface area contributed by atoms with E-state index in [1.54, 1.807) is 32.3 Å². The van der Waals surface area contributed by atoms with Crippen LogP contribution in [0.15, 0.2) is 71.6 Å². The first kappa shape index (κ1) is 18.8. The SMILES string of the molecule is CN(C)C(=O)Sc1cccc(NC(=O)COc2ccc3ccccc3c2)c1. The third-order valence-electron chi connectivity index (χ3n) is 3.78. The molecule has 6 heteroatoms. The topological polar surface area (TPSA) is 58.6 Å². The maximum Gasteiger partial charge on any atom is 0.285 e. The summed E-state index contributed by atoms with van der Waals surface area (Å²) in [6.45, 7) is -0.0909. The molecule has 0 saturated carbocycles. The lowest BCUT2D eigenvalue weighted by atomic mass is 10.1. The van der Waals surface area contributed by atoms with E-state index in [4.69, 9.17) is 4.74 Å². The molecule has 138 valence electrons. The summed E-state index contributed by atoms with van der Waals surface area (Å²) in [5.41, 5.74) is 0.624. The summed E-state index contributed by atoms with van der Waals surface area (Å²) < 4.78 is 5.60. The molecule has 2 amide bonds. The fourth-order valence-electron chi connectivity index (χ4n) is 2.43. The monoisotopic (exact) mass is 380 g/mol. The van der Waals surface area contributed by atoms with Crippen molar-refractivity contribution in [1.29, 1.82) is 0 Å². The summed E-state index contributed by atoms with van der Waals surface area (Å²) in [5, 5.41) is 4.90. The smallest absolute Gasteiger partial charge is 0.285 e. The summed E-state index contributed by atoms with van der Waals surface area (Å²) in [7, 11) is 3.40. The van der Waals surface area contributed by atoms with Gasteiger partial charge in [-0.2, -0.15) is 0 Å². The van der Waals surface area contributed by atoms with Gasteiger partial charge in [0.25, 0.3) is 11.1 Å². The first-order chi connectivity index (χ1) is 13.0. The van der Waals surface area contributed by atoms with Gasteiger partial charge in [-0.05, 0) is 52.9 Å². The first-order valence-electron chi connectivity index (χ1n) is 8.42. The number of amides is 2. The van der Waals surface area contributed by atoms with Gasteiger partial charge < -0.3 is 15.0 Å². The lowest BCUT2D eigenvalue weighted by Gasteiger charge is -2.11. The van der Waals surface area contributed by atoms with Gasteiger partial charge in [-0.3, -0.25) is 9.59 Å². The maximum absolute atomic E-state index is 12.2. The minimum Gasteiger partial charge on any atom is -0.484 e. The van der Waals surface area contributed by atoms with Crippen molar-refractivity contribution in [3.8, 4) is 5.75 Å². The molecule has 0 aliphatic rings. The zero-order chi connectivity index (χ0) is 19.2. The van der Waals surface area contributed by atoms with Crippen molar-refractivity contribution < 1.29 is 14.3 Å². The third-order valence-corrected chi connectivity index (χ3v) is 4.81. The van der Waals surface area contributed by atoms with Crippen molar-refractivity contribution in [3.63, 3.8) is 0 Å². The second-order valence-electron chi connectivity index (χ2n) is 6.14. The molecule has 3 aromatic carbocycles. The number of hydrogen-bond donors (Lipinski definition) is 1. The Labute approximate surface area is 162 Å². The van der Waals surface area contributed by atoms with Crippen LogP contribution < -0.4 is 10.1 Å². The summed E-state index contributed by atoms with van der Waals surface area (Å²) in [4.78, 5) is 26.2. The Kier molecular flexibility index (Phi) is 5.98. The minimum absolute atomic E-state index is 0.0712. The van der Waals surface area contributed by atoms with E-state index in [-0.39, 0.29) is 17.8 Å². The Bertz CT molecular complexity index is 972. The Morgan fingerprint density at radius 1 is 0.963 bits per heavy atom. The van der Waals surface area contributed by atoms with Gasteiger partial charge in [-0.15, -0.1) is 0 Å². The molecule has 0 saturated heterocycles. The van der Waals surface area contributed by atoms with Gasteiger partial charge in [0.2, 0.25) is 0 Å². The van der Waals surface area contributed by atoms with Crippen LogP contribution in [0.5, 0.6) is 5.75 Å².